The van der Waals surface area contributed by atoms with Crippen LogP contribution < -0.4 is 15.0 Å². The average molecular weight is 648 g/mol. The summed E-state index contributed by atoms with van der Waals surface area (Å²) >= 11 is 12.8. The van der Waals surface area contributed by atoms with Gasteiger partial charge in [-0.2, -0.15) is 0 Å². The Morgan fingerprint density at radius 3 is 2.36 bits per heavy atom. The van der Waals surface area contributed by atoms with E-state index in [9.17, 15) is 14.4 Å². The van der Waals surface area contributed by atoms with Gasteiger partial charge in [-0.1, -0.05) is 71.2 Å². The molecular formula is C36H36Cl2N2O5. The quantitative estimate of drug-likeness (QED) is 0.116. The number of ether oxygens (including phenoxy) is 2. The molecule has 234 valence electrons. The van der Waals surface area contributed by atoms with Gasteiger partial charge >= 0.3 is 5.97 Å². The highest BCUT2D eigenvalue weighted by molar-refractivity contribution is 6.34. The Hall–Kier alpha value is -4.33. The van der Waals surface area contributed by atoms with Crippen molar-refractivity contribution in [2.24, 2.45) is 0 Å². The summed E-state index contributed by atoms with van der Waals surface area (Å²) in [5, 5.41) is 3.59. The van der Waals surface area contributed by atoms with Gasteiger partial charge in [0.25, 0.3) is 11.8 Å². The van der Waals surface area contributed by atoms with Crippen LogP contribution in [0.25, 0.3) is 11.1 Å². The maximum Gasteiger partial charge on any atom is 0.305 e. The van der Waals surface area contributed by atoms with Crippen LogP contribution in [0.4, 0.5) is 11.4 Å². The van der Waals surface area contributed by atoms with Gasteiger partial charge in [-0.25, -0.2) is 0 Å². The first-order valence-electron chi connectivity index (χ1n) is 14.8. The van der Waals surface area contributed by atoms with Crippen molar-refractivity contribution in [1.82, 2.24) is 0 Å². The third-order valence-electron chi connectivity index (χ3n) is 7.17. The van der Waals surface area contributed by atoms with Gasteiger partial charge in [-0.3, -0.25) is 14.4 Å². The number of unbranched alkanes of at least 4 members (excludes halogenated alkanes) is 2. The Morgan fingerprint density at radius 1 is 0.867 bits per heavy atom. The molecule has 0 atom stereocenters. The summed E-state index contributed by atoms with van der Waals surface area (Å²) in [6.45, 7) is 4.57. The van der Waals surface area contributed by atoms with Crippen molar-refractivity contribution >= 4 is 52.4 Å². The molecule has 4 rings (SSSR count). The van der Waals surface area contributed by atoms with Crippen LogP contribution in [0.1, 0.15) is 58.9 Å². The fourth-order valence-corrected chi connectivity index (χ4v) is 5.14. The predicted octanol–water partition coefficient (Wildman–Crippen LogP) is 9.00. The molecule has 0 radical (unpaired) electrons. The molecule has 2 amide bonds. The van der Waals surface area contributed by atoms with Crippen molar-refractivity contribution in [1.29, 1.82) is 0 Å². The number of hydrogen-bond donors (Lipinski definition) is 1. The molecule has 0 unspecified atom stereocenters. The first-order valence-corrected chi connectivity index (χ1v) is 15.6. The summed E-state index contributed by atoms with van der Waals surface area (Å²) in [4.78, 5) is 39.8. The molecule has 0 saturated heterocycles. The minimum Gasteiger partial charge on any atom is -0.491 e. The number of nitrogens with one attached hydrogen (secondary N) is 1. The fraction of sp³-hybridized carbons (Fsp3) is 0.250. The monoisotopic (exact) mass is 646 g/mol. The minimum atomic E-state index is -0.318. The lowest BCUT2D eigenvalue weighted by Crippen LogP contribution is -2.27. The summed E-state index contributed by atoms with van der Waals surface area (Å²) in [6.07, 6.45) is 2.60. The van der Waals surface area contributed by atoms with Crippen molar-refractivity contribution < 1.29 is 23.9 Å². The number of halogens is 2. The van der Waals surface area contributed by atoms with Crippen LogP contribution in [0.15, 0.2) is 84.9 Å². The van der Waals surface area contributed by atoms with E-state index in [2.05, 4.69) is 5.32 Å². The van der Waals surface area contributed by atoms with Crippen LogP contribution in [0.5, 0.6) is 5.75 Å². The Labute approximate surface area is 274 Å². The standard InChI is InChI=1S/C36H36Cl2N2O5/c1-4-44-34(41)12-6-5-9-21-45-33-23-27(37)18-20-32(33)40(3)36(43)26-17-19-31(30(38)22-26)39-35(42)29-11-8-7-10-28(29)25-15-13-24(2)14-16-25/h7-8,10-11,13-20,22-23H,4-6,9,12,21H2,1-3H3,(H,39,42). The molecule has 0 aliphatic rings. The number of hydrogen-bond acceptors (Lipinski definition) is 5. The van der Waals surface area contributed by atoms with Gasteiger partial charge in [0.1, 0.15) is 5.75 Å². The second kappa shape index (κ2) is 16.1. The highest BCUT2D eigenvalue weighted by atomic mass is 35.5. The van der Waals surface area contributed by atoms with E-state index >= 15 is 0 Å². The van der Waals surface area contributed by atoms with Crippen LogP contribution in [0, 0.1) is 6.92 Å². The molecule has 0 fully saturated rings. The molecule has 0 spiro atoms. The average Bonchev–Trinajstić information content (AvgIpc) is 3.03. The second-order valence-electron chi connectivity index (χ2n) is 10.5. The van der Waals surface area contributed by atoms with Gasteiger partial charge in [-0.05, 0) is 80.6 Å². The van der Waals surface area contributed by atoms with Crippen LogP contribution in [-0.4, -0.2) is 38.0 Å². The molecule has 0 saturated carbocycles. The van der Waals surface area contributed by atoms with Crippen molar-refractivity contribution in [3.05, 3.63) is 112 Å². The van der Waals surface area contributed by atoms with E-state index in [1.54, 1.807) is 50.4 Å². The Balaban J connectivity index is 1.42. The van der Waals surface area contributed by atoms with Crippen LogP contribution in [-0.2, 0) is 9.53 Å². The summed E-state index contributed by atoms with van der Waals surface area (Å²) in [5.74, 6) is -0.366. The normalized spacial score (nSPS) is 10.7. The number of nitrogens with zero attached hydrogens (tertiary/aromatic N) is 1. The second-order valence-corrected chi connectivity index (χ2v) is 11.3. The molecule has 7 nitrogen and oxygen atoms in total. The maximum absolute atomic E-state index is 13.5. The number of rotatable bonds is 13. The van der Waals surface area contributed by atoms with Gasteiger partial charge in [-0.15, -0.1) is 0 Å². The van der Waals surface area contributed by atoms with Crippen molar-refractivity contribution in [3.63, 3.8) is 0 Å². The largest absolute Gasteiger partial charge is 0.491 e. The smallest absolute Gasteiger partial charge is 0.305 e. The number of aryl methyl sites for hydroxylation is 1. The van der Waals surface area contributed by atoms with Crippen molar-refractivity contribution in [3.8, 4) is 16.9 Å². The zero-order valence-electron chi connectivity index (χ0n) is 25.6. The lowest BCUT2D eigenvalue weighted by Gasteiger charge is -2.21. The first kappa shape index (κ1) is 33.6. The van der Waals surface area contributed by atoms with Crippen LogP contribution in [0.2, 0.25) is 10.0 Å². The third-order valence-corrected chi connectivity index (χ3v) is 7.72. The van der Waals surface area contributed by atoms with Gasteiger partial charge < -0.3 is 19.7 Å². The molecule has 45 heavy (non-hydrogen) atoms. The molecule has 0 aliphatic carbocycles. The molecule has 0 heterocycles. The molecule has 4 aromatic rings. The van der Waals surface area contributed by atoms with E-state index in [0.29, 0.717) is 59.3 Å². The van der Waals surface area contributed by atoms with Gasteiger partial charge in [0.2, 0.25) is 0 Å². The molecule has 1 N–H and O–H groups in total. The Bertz CT molecular complexity index is 1660. The summed E-state index contributed by atoms with van der Waals surface area (Å²) in [7, 11) is 1.64. The SMILES string of the molecule is CCOC(=O)CCCCCOc1cc(Cl)ccc1N(C)C(=O)c1ccc(NC(=O)c2ccccc2-c2ccc(C)cc2)c(Cl)c1. The number of carbonyl (C=O) groups is 3. The summed E-state index contributed by atoms with van der Waals surface area (Å²) in [5.41, 5.74) is 4.63. The zero-order valence-corrected chi connectivity index (χ0v) is 27.1. The topological polar surface area (TPSA) is 84.9 Å². The number of anilines is 2. The van der Waals surface area contributed by atoms with E-state index in [-0.39, 0.29) is 22.8 Å². The van der Waals surface area contributed by atoms with Crippen molar-refractivity contribution in [2.75, 3.05) is 30.5 Å². The van der Waals surface area contributed by atoms with Gasteiger partial charge in [0.05, 0.1) is 29.6 Å². The summed E-state index contributed by atoms with van der Waals surface area (Å²) in [6, 6.07) is 25.2. The van der Waals surface area contributed by atoms with E-state index in [1.807, 2.05) is 49.4 Å². The predicted molar refractivity (Wildman–Crippen MR) is 181 cm³/mol. The molecule has 0 bridgehead atoms. The lowest BCUT2D eigenvalue weighted by atomic mass is 9.98. The molecular weight excluding hydrogens is 611 g/mol. The summed E-state index contributed by atoms with van der Waals surface area (Å²) < 4.78 is 10.9. The molecule has 4 aromatic carbocycles. The van der Waals surface area contributed by atoms with E-state index in [1.165, 1.54) is 11.0 Å². The first-order chi connectivity index (χ1) is 21.7. The van der Waals surface area contributed by atoms with E-state index in [4.69, 9.17) is 32.7 Å². The third kappa shape index (κ3) is 9.10. The lowest BCUT2D eigenvalue weighted by molar-refractivity contribution is -0.143. The Morgan fingerprint density at radius 2 is 1.62 bits per heavy atom. The maximum atomic E-state index is 13.5. The number of carbonyl (C=O) groups excluding carboxylic acids is 3. The highest BCUT2D eigenvalue weighted by Gasteiger charge is 2.20. The minimum absolute atomic E-state index is 0.199. The van der Waals surface area contributed by atoms with E-state index in [0.717, 1.165) is 29.5 Å². The number of benzene rings is 4. The van der Waals surface area contributed by atoms with Crippen LogP contribution >= 0.6 is 23.2 Å². The van der Waals surface area contributed by atoms with Crippen LogP contribution in [0.3, 0.4) is 0 Å². The Kier molecular flexibility index (Phi) is 12.0. The fourth-order valence-electron chi connectivity index (χ4n) is 4.75. The molecule has 0 aromatic heterocycles. The van der Waals surface area contributed by atoms with Crippen molar-refractivity contribution in [2.45, 2.75) is 39.5 Å². The van der Waals surface area contributed by atoms with E-state index < -0.39 is 0 Å². The molecule has 9 heteroatoms. The van der Waals surface area contributed by atoms with Gasteiger partial charge in [0, 0.05) is 35.7 Å². The zero-order chi connectivity index (χ0) is 32.3. The number of amides is 2. The number of esters is 1. The molecule has 0 aliphatic heterocycles. The highest BCUT2D eigenvalue weighted by Crippen LogP contribution is 2.33. The van der Waals surface area contributed by atoms with Gasteiger partial charge in [0.15, 0.2) is 0 Å².